The largest absolute Gasteiger partial charge is 0.483 e. The van der Waals surface area contributed by atoms with Crippen LogP contribution in [0.3, 0.4) is 0 Å². The van der Waals surface area contributed by atoms with E-state index in [-0.39, 0.29) is 18.1 Å². The second kappa shape index (κ2) is 11.1. The van der Waals surface area contributed by atoms with Gasteiger partial charge in [0, 0.05) is 0 Å². The van der Waals surface area contributed by atoms with Gasteiger partial charge in [-0.1, -0.05) is 36.4 Å². The molecule has 2 aromatic carbocycles. The van der Waals surface area contributed by atoms with E-state index in [2.05, 4.69) is 5.32 Å². The van der Waals surface area contributed by atoms with Gasteiger partial charge in [0.1, 0.15) is 0 Å². The fourth-order valence-electron chi connectivity index (χ4n) is 1.42. The molecule has 5 N–H and O–H groups in total. The molecule has 130 valence electrons. The quantitative estimate of drug-likeness (QED) is 0.278. The molecule has 0 heterocycles. The van der Waals surface area contributed by atoms with Crippen molar-refractivity contribution in [2.24, 2.45) is 0 Å². The second-order valence-corrected chi connectivity index (χ2v) is 7.48. The Balaban J connectivity index is 0.000000482. The van der Waals surface area contributed by atoms with E-state index in [1.54, 1.807) is 0 Å². The van der Waals surface area contributed by atoms with Crippen molar-refractivity contribution in [1.29, 1.82) is 0 Å². The van der Waals surface area contributed by atoms with Gasteiger partial charge in [0.25, 0.3) is 6.47 Å². The number of aromatic hydroxyl groups is 1. The number of carbonyl (C=O) groups is 2. The first-order valence-corrected chi connectivity index (χ1v) is 9.85. The minimum atomic E-state index is -5.15. The Kier molecular flexibility index (Phi) is 9.89. The summed E-state index contributed by atoms with van der Waals surface area (Å²) in [5.74, 6) is -0.832. The first kappa shape index (κ1) is 21.5. The van der Waals surface area contributed by atoms with Crippen LogP contribution in [0.5, 0.6) is 5.75 Å². The molecule has 0 radical (unpaired) electrons. The maximum atomic E-state index is 11.0. The third kappa shape index (κ3) is 9.47. The summed E-state index contributed by atoms with van der Waals surface area (Å²) in [7, 11) is 0. The minimum Gasteiger partial charge on any atom is -0.483 e. The molecule has 0 aliphatic heterocycles. The Labute approximate surface area is 141 Å². The van der Waals surface area contributed by atoms with Gasteiger partial charge in [0.2, 0.25) is 0 Å². The number of amides is 1. The van der Waals surface area contributed by atoms with E-state index in [0.29, 0.717) is 0 Å². The van der Waals surface area contributed by atoms with Crippen LogP contribution in [0.25, 0.3) is 0 Å². The topological polar surface area (TPSA) is 144 Å². The Morgan fingerprint density at radius 3 is 1.83 bits per heavy atom. The summed E-state index contributed by atoms with van der Waals surface area (Å²) in [4.78, 5) is 19.1. The zero-order valence-corrected chi connectivity index (χ0v) is 14.6. The molecule has 0 fully saturated rings. The van der Waals surface area contributed by atoms with E-state index in [0.717, 1.165) is 12.1 Å². The third-order valence-corrected chi connectivity index (χ3v) is 4.34. The standard InChI is InChI=1S/C8H10AsNO5.C6H6.CH2O2/c1-5(11)10-6-2-3-8(12)7(4-6)9(13,14)15;1-2-4-6-5-3-1;2-1-3/h2-4,12H,1H3,(H,10,11)(H2,13,14,15);1-6H;1H,(H,2,3). The number of carboxylic acid groups (broad SMARTS) is 1. The summed E-state index contributed by atoms with van der Waals surface area (Å²) in [6, 6.07) is 15.5. The van der Waals surface area contributed by atoms with Crippen LogP contribution in [-0.2, 0) is 13.3 Å². The van der Waals surface area contributed by atoms with Crippen LogP contribution in [-0.4, -0.2) is 45.0 Å². The van der Waals surface area contributed by atoms with Gasteiger partial charge >= 0.3 is 88.1 Å². The summed E-state index contributed by atoms with van der Waals surface area (Å²) in [5.41, 5.74) is 0.236. The molecular weight excluding hydrogens is 381 g/mol. The zero-order valence-electron chi connectivity index (χ0n) is 12.7. The molecule has 0 bridgehead atoms. The summed E-state index contributed by atoms with van der Waals surface area (Å²) in [6.45, 7) is 1.02. The van der Waals surface area contributed by atoms with E-state index in [1.807, 2.05) is 36.4 Å². The van der Waals surface area contributed by atoms with E-state index in [4.69, 9.17) is 18.1 Å². The average molecular weight is 399 g/mol. The molecule has 0 aliphatic carbocycles. The first-order chi connectivity index (χ1) is 11.2. The third-order valence-electron chi connectivity index (χ3n) is 2.28. The molecule has 0 unspecified atom stereocenters. The summed E-state index contributed by atoms with van der Waals surface area (Å²) in [5, 5.41) is 18.5. The van der Waals surface area contributed by atoms with Crippen LogP contribution in [0.1, 0.15) is 6.92 Å². The van der Waals surface area contributed by atoms with Crippen LogP contribution < -0.4 is 9.67 Å². The monoisotopic (exact) mass is 399 g/mol. The minimum absolute atomic E-state index is 0.236. The van der Waals surface area contributed by atoms with E-state index >= 15 is 0 Å². The van der Waals surface area contributed by atoms with Crippen LogP contribution >= 0.6 is 0 Å². The fraction of sp³-hybridized carbons (Fsp3) is 0.0667. The first-order valence-electron chi connectivity index (χ1n) is 6.47. The SMILES string of the molecule is CC(=O)Nc1ccc(O)c([As](=O)(O)O)c1.O=CO.c1ccccc1. The normalized spacial score (nSPS) is 9.46. The number of phenols is 1. The number of rotatable bonds is 2. The Morgan fingerprint density at radius 2 is 1.50 bits per heavy atom. The second-order valence-electron chi connectivity index (χ2n) is 4.19. The maximum Gasteiger partial charge on any atom is 0.290 e. The van der Waals surface area contributed by atoms with E-state index < -0.39 is 24.3 Å². The van der Waals surface area contributed by atoms with Crippen LogP contribution in [0.2, 0.25) is 0 Å². The smallest absolute Gasteiger partial charge is 0.290 e. The van der Waals surface area contributed by atoms with Crippen molar-refractivity contribution in [3.8, 4) is 5.75 Å². The summed E-state index contributed by atoms with van der Waals surface area (Å²) in [6.07, 6.45) is 0. The maximum absolute atomic E-state index is 11.0. The molecule has 2 aromatic rings. The molecule has 0 saturated heterocycles. The molecule has 0 atom stereocenters. The van der Waals surface area contributed by atoms with Crippen molar-refractivity contribution in [3.63, 3.8) is 0 Å². The van der Waals surface area contributed by atoms with E-state index in [1.165, 1.54) is 13.0 Å². The summed E-state index contributed by atoms with van der Waals surface area (Å²) < 4.78 is 28.4. The van der Waals surface area contributed by atoms with Gasteiger partial charge in [-0.25, -0.2) is 0 Å². The molecule has 8 nitrogen and oxygen atoms in total. The zero-order chi connectivity index (χ0) is 18.6. The van der Waals surface area contributed by atoms with Crippen molar-refractivity contribution in [1.82, 2.24) is 0 Å². The molecule has 0 aliphatic rings. The molecular formula is C15H18AsNO7. The van der Waals surface area contributed by atoms with E-state index in [9.17, 15) is 13.6 Å². The Bertz CT molecular complexity index is 659. The molecule has 0 aromatic heterocycles. The molecule has 24 heavy (non-hydrogen) atoms. The predicted molar refractivity (Wildman–Crippen MR) is 88.1 cm³/mol. The number of nitrogens with one attached hydrogen (secondary N) is 1. The van der Waals surface area contributed by atoms with Gasteiger partial charge in [-0.15, -0.1) is 0 Å². The predicted octanol–water partition coefficient (Wildman–Crippen LogP) is 0.299. The van der Waals surface area contributed by atoms with Crippen LogP contribution in [0, 0.1) is 0 Å². The Hall–Kier alpha value is -2.54. The average Bonchev–Trinajstić information content (AvgIpc) is 2.51. The van der Waals surface area contributed by atoms with Gasteiger partial charge in [-0.3, -0.25) is 4.79 Å². The van der Waals surface area contributed by atoms with Crippen LogP contribution in [0.15, 0.2) is 54.6 Å². The van der Waals surface area contributed by atoms with Gasteiger partial charge in [0.15, 0.2) is 0 Å². The number of anilines is 1. The van der Waals surface area contributed by atoms with Gasteiger partial charge < -0.3 is 5.11 Å². The fourth-order valence-corrected chi connectivity index (χ4v) is 2.85. The summed E-state index contributed by atoms with van der Waals surface area (Å²) >= 11 is -5.15. The number of hydrogen-bond acceptors (Lipinski definition) is 4. The molecule has 2 rings (SSSR count). The van der Waals surface area contributed by atoms with Gasteiger partial charge in [0.05, 0.1) is 0 Å². The molecule has 0 spiro atoms. The van der Waals surface area contributed by atoms with Crippen molar-refractivity contribution in [3.05, 3.63) is 54.6 Å². The molecule has 9 heteroatoms. The number of benzene rings is 2. The van der Waals surface area contributed by atoms with Crippen molar-refractivity contribution in [2.75, 3.05) is 5.32 Å². The van der Waals surface area contributed by atoms with Crippen molar-refractivity contribution >= 4 is 36.6 Å². The molecule has 0 saturated carbocycles. The van der Waals surface area contributed by atoms with Gasteiger partial charge in [-0.05, 0) is 0 Å². The van der Waals surface area contributed by atoms with Crippen LogP contribution in [0.4, 0.5) is 5.69 Å². The number of phenolic OH excluding ortho intramolecular Hbond substituents is 1. The van der Waals surface area contributed by atoms with Gasteiger partial charge in [-0.2, -0.15) is 0 Å². The Morgan fingerprint density at radius 1 is 1.08 bits per heavy atom. The number of carbonyl (C=O) groups excluding carboxylic acids is 1. The van der Waals surface area contributed by atoms with Crippen molar-refractivity contribution in [2.45, 2.75) is 6.92 Å². The molecule has 1 amide bonds. The van der Waals surface area contributed by atoms with Crippen molar-refractivity contribution < 1.29 is 31.7 Å². The number of hydrogen-bond donors (Lipinski definition) is 5.